The molecule has 0 saturated heterocycles. The van der Waals surface area contributed by atoms with E-state index in [9.17, 15) is 8.42 Å². The summed E-state index contributed by atoms with van der Waals surface area (Å²) in [4.78, 5) is 0.0934. The fourth-order valence-electron chi connectivity index (χ4n) is 1.85. The Morgan fingerprint density at radius 2 is 1.95 bits per heavy atom. The van der Waals surface area contributed by atoms with Crippen molar-refractivity contribution in [2.75, 3.05) is 10.5 Å². The van der Waals surface area contributed by atoms with Crippen molar-refractivity contribution in [1.29, 1.82) is 5.26 Å². The molecule has 0 saturated carbocycles. The van der Waals surface area contributed by atoms with Crippen molar-refractivity contribution < 1.29 is 8.42 Å². The quantitative estimate of drug-likeness (QED) is 0.849. The van der Waals surface area contributed by atoms with Crippen LogP contribution >= 0.6 is 11.6 Å². The number of sulfonamides is 1. The van der Waals surface area contributed by atoms with Gasteiger partial charge in [0, 0.05) is 5.02 Å². The van der Waals surface area contributed by atoms with E-state index < -0.39 is 10.0 Å². The maximum atomic E-state index is 12.4. The van der Waals surface area contributed by atoms with Crippen molar-refractivity contribution in [3.05, 3.63) is 52.5 Å². The Kier molecular flexibility index (Phi) is 4.07. The Hall–Kier alpha value is -2.23. The second kappa shape index (κ2) is 5.64. The van der Waals surface area contributed by atoms with Crippen LogP contribution < -0.4 is 10.5 Å². The lowest BCUT2D eigenvalue weighted by molar-refractivity contribution is 0.600. The number of rotatable bonds is 3. The van der Waals surface area contributed by atoms with Gasteiger partial charge in [0.15, 0.2) is 0 Å². The van der Waals surface area contributed by atoms with E-state index in [0.29, 0.717) is 16.1 Å². The Morgan fingerprint density at radius 3 is 2.52 bits per heavy atom. The third-order valence-corrected chi connectivity index (χ3v) is 4.61. The van der Waals surface area contributed by atoms with Crippen molar-refractivity contribution >= 4 is 33.0 Å². The van der Waals surface area contributed by atoms with Crippen LogP contribution in [0.15, 0.2) is 41.3 Å². The van der Waals surface area contributed by atoms with Gasteiger partial charge in [0.25, 0.3) is 10.0 Å². The fourth-order valence-corrected chi connectivity index (χ4v) is 3.34. The molecule has 0 heterocycles. The van der Waals surface area contributed by atoms with E-state index in [4.69, 9.17) is 22.6 Å². The Morgan fingerprint density at radius 1 is 1.24 bits per heavy atom. The highest BCUT2D eigenvalue weighted by molar-refractivity contribution is 7.92. The van der Waals surface area contributed by atoms with Gasteiger partial charge in [-0.05, 0) is 48.9 Å². The van der Waals surface area contributed by atoms with Crippen LogP contribution in [0.1, 0.15) is 11.1 Å². The molecule has 21 heavy (non-hydrogen) atoms. The normalized spacial score (nSPS) is 10.9. The lowest BCUT2D eigenvalue weighted by Crippen LogP contribution is -2.15. The first kappa shape index (κ1) is 15.2. The Labute approximate surface area is 128 Å². The standard InChI is InChI=1S/C14H12ClN3O2S/c1-9-6-10(8-16)2-5-14(9)21(19,20)18-13-4-3-11(15)7-12(13)17/h2-7,18H,17H2,1H3. The van der Waals surface area contributed by atoms with Crippen LogP contribution in [-0.4, -0.2) is 8.42 Å². The number of halogens is 1. The first-order valence-corrected chi connectivity index (χ1v) is 7.78. The SMILES string of the molecule is Cc1cc(C#N)ccc1S(=O)(=O)Nc1ccc(Cl)cc1N. The first-order valence-electron chi connectivity index (χ1n) is 5.92. The molecule has 2 rings (SSSR count). The largest absolute Gasteiger partial charge is 0.397 e. The monoisotopic (exact) mass is 321 g/mol. The van der Waals surface area contributed by atoms with E-state index in [-0.39, 0.29) is 16.3 Å². The summed E-state index contributed by atoms with van der Waals surface area (Å²) in [5.41, 5.74) is 7.10. The molecule has 0 fully saturated rings. The molecule has 0 aliphatic carbocycles. The van der Waals surface area contributed by atoms with Crippen LogP contribution in [0.25, 0.3) is 0 Å². The van der Waals surface area contributed by atoms with Crippen LogP contribution in [0.5, 0.6) is 0 Å². The Bertz CT molecular complexity index is 842. The highest BCUT2D eigenvalue weighted by Crippen LogP contribution is 2.26. The zero-order valence-electron chi connectivity index (χ0n) is 11.1. The molecule has 5 nitrogen and oxygen atoms in total. The second-order valence-electron chi connectivity index (χ2n) is 4.43. The van der Waals surface area contributed by atoms with Gasteiger partial charge in [-0.25, -0.2) is 8.42 Å². The summed E-state index contributed by atoms with van der Waals surface area (Å²) in [6, 6.07) is 10.8. The smallest absolute Gasteiger partial charge is 0.262 e. The molecule has 0 amide bonds. The molecule has 3 N–H and O–H groups in total. The molecule has 0 aliphatic heterocycles. The van der Waals surface area contributed by atoms with Gasteiger partial charge in [0.1, 0.15) is 0 Å². The van der Waals surface area contributed by atoms with Crippen LogP contribution in [0.2, 0.25) is 5.02 Å². The zero-order chi connectivity index (χ0) is 15.6. The molecule has 0 atom stereocenters. The third-order valence-electron chi connectivity index (χ3n) is 2.85. The van der Waals surface area contributed by atoms with Gasteiger partial charge in [0.2, 0.25) is 0 Å². The Balaban J connectivity index is 2.41. The number of nitrogens with one attached hydrogen (secondary N) is 1. The molecule has 108 valence electrons. The molecule has 0 aromatic heterocycles. The second-order valence-corrected chi connectivity index (χ2v) is 6.52. The molecular weight excluding hydrogens is 310 g/mol. The maximum absolute atomic E-state index is 12.4. The van der Waals surface area contributed by atoms with E-state index in [1.807, 2.05) is 6.07 Å². The summed E-state index contributed by atoms with van der Waals surface area (Å²) < 4.78 is 27.2. The number of hydrogen-bond acceptors (Lipinski definition) is 4. The molecule has 2 aromatic carbocycles. The molecule has 7 heteroatoms. The average molecular weight is 322 g/mol. The summed E-state index contributed by atoms with van der Waals surface area (Å²) in [7, 11) is -3.79. The first-order chi connectivity index (χ1) is 9.83. The van der Waals surface area contributed by atoms with Gasteiger partial charge in [-0.15, -0.1) is 0 Å². The minimum absolute atomic E-state index is 0.0934. The van der Waals surface area contributed by atoms with Crippen LogP contribution in [0.4, 0.5) is 11.4 Å². The number of nitrogen functional groups attached to an aromatic ring is 1. The van der Waals surface area contributed by atoms with Gasteiger partial charge in [-0.2, -0.15) is 5.26 Å². The van der Waals surface area contributed by atoms with Crippen molar-refractivity contribution in [2.24, 2.45) is 0 Å². The van der Waals surface area contributed by atoms with Crippen molar-refractivity contribution in [1.82, 2.24) is 0 Å². The summed E-state index contributed by atoms with van der Waals surface area (Å²) in [5, 5.41) is 9.23. The number of nitrogens with two attached hydrogens (primary N) is 1. The predicted molar refractivity (Wildman–Crippen MR) is 82.6 cm³/mol. The van der Waals surface area contributed by atoms with Gasteiger partial charge in [-0.3, -0.25) is 4.72 Å². The number of nitrogens with zero attached hydrogens (tertiary/aromatic N) is 1. The molecule has 0 aliphatic rings. The van der Waals surface area contributed by atoms with Crippen LogP contribution in [0, 0.1) is 18.3 Å². The minimum Gasteiger partial charge on any atom is -0.397 e. The van der Waals surface area contributed by atoms with E-state index in [2.05, 4.69) is 4.72 Å². The molecule has 0 unspecified atom stereocenters. The third kappa shape index (κ3) is 3.27. The number of aryl methyl sites for hydroxylation is 1. The lowest BCUT2D eigenvalue weighted by Gasteiger charge is -2.12. The molecule has 0 spiro atoms. The van der Waals surface area contributed by atoms with Crippen LogP contribution in [-0.2, 0) is 10.0 Å². The highest BCUT2D eigenvalue weighted by atomic mass is 35.5. The molecular formula is C14H12ClN3O2S. The van der Waals surface area contributed by atoms with E-state index in [1.165, 1.54) is 30.3 Å². The number of anilines is 2. The van der Waals surface area contributed by atoms with E-state index in [1.54, 1.807) is 13.0 Å². The van der Waals surface area contributed by atoms with Crippen molar-refractivity contribution in [2.45, 2.75) is 11.8 Å². The van der Waals surface area contributed by atoms with E-state index in [0.717, 1.165) is 0 Å². The van der Waals surface area contributed by atoms with Crippen molar-refractivity contribution in [3.8, 4) is 6.07 Å². The minimum atomic E-state index is -3.79. The number of nitriles is 1. The van der Waals surface area contributed by atoms with Gasteiger partial charge in [0.05, 0.1) is 27.9 Å². The fraction of sp³-hybridized carbons (Fsp3) is 0.0714. The predicted octanol–water partition coefficient (Wildman–Crippen LogP) is 2.90. The summed E-state index contributed by atoms with van der Waals surface area (Å²) in [5.74, 6) is 0. The summed E-state index contributed by atoms with van der Waals surface area (Å²) >= 11 is 5.78. The highest BCUT2D eigenvalue weighted by Gasteiger charge is 2.18. The molecule has 2 aromatic rings. The number of hydrogen-bond donors (Lipinski definition) is 2. The lowest BCUT2D eigenvalue weighted by atomic mass is 10.2. The molecule has 0 bridgehead atoms. The average Bonchev–Trinajstić information content (AvgIpc) is 2.41. The summed E-state index contributed by atoms with van der Waals surface area (Å²) in [6.45, 7) is 1.63. The van der Waals surface area contributed by atoms with E-state index >= 15 is 0 Å². The number of benzene rings is 2. The van der Waals surface area contributed by atoms with Gasteiger partial charge >= 0.3 is 0 Å². The topological polar surface area (TPSA) is 96.0 Å². The summed E-state index contributed by atoms with van der Waals surface area (Å²) in [6.07, 6.45) is 0. The van der Waals surface area contributed by atoms with Crippen molar-refractivity contribution in [3.63, 3.8) is 0 Å². The van der Waals surface area contributed by atoms with Gasteiger partial charge in [-0.1, -0.05) is 11.6 Å². The van der Waals surface area contributed by atoms with Crippen LogP contribution in [0.3, 0.4) is 0 Å². The molecule has 0 radical (unpaired) electrons. The van der Waals surface area contributed by atoms with Gasteiger partial charge < -0.3 is 5.73 Å². The maximum Gasteiger partial charge on any atom is 0.262 e. The zero-order valence-corrected chi connectivity index (χ0v) is 12.7.